The van der Waals surface area contributed by atoms with Crippen molar-refractivity contribution in [3.05, 3.63) is 71.3 Å². The second-order valence-corrected chi connectivity index (χ2v) is 8.74. The lowest BCUT2D eigenvalue weighted by molar-refractivity contribution is -0.139. The number of benzene rings is 2. The first kappa shape index (κ1) is 25.5. The van der Waals surface area contributed by atoms with Crippen LogP contribution < -0.4 is 16.0 Å². The van der Waals surface area contributed by atoms with Crippen LogP contribution in [-0.4, -0.2) is 46.4 Å². The van der Waals surface area contributed by atoms with E-state index in [2.05, 4.69) is 16.0 Å². The molecule has 35 heavy (non-hydrogen) atoms. The van der Waals surface area contributed by atoms with Crippen molar-refractivity contribution in [3.8, 4) is 0 Å². The molecule has 2 aromatic carbocycles. The molecular formula is C26H30N4O5. The molecule has 0 radical (unpaired) electrons. The Morgan fingerprint density at radius 1 is 1.03 bits per heavy atom. The van der Waals surface area contributed by atoms with Gasteiger partial charge in [0.05, 0.1) is 6.04 Å². The molecular weight excluding hydrogens is 448 g/mol. The predicted octanol–water partition coefficient (Wildman–Crippen LogP) is 3.52. The van der Waals surface area contributed by atoms with Crippen LogP contribution in [0.4, 0.5) is 16.2 Å². The van der Waals surface area contributed by atoms with Gasteiger partial charge in [-0.2, -0.15) is 0 Å². The lowest BCUT2D eigenvalue weighted by atomic mass is 9.96. The number of nitrogens with one attached hydrogen (secondary N) is 3. The molecule has 0 aromatic heterocycles. The molecule has 1 aliphatic rings. The molecule has 9 nitrogen and oxygen atoms in total. The summed E-state index contributed by atoms with van der Waals surface area (Å²) < 4.78 is 0. The molecule has 1 heterocycles. The lowest BCUT2D eigenvalue weighted by Gasteiger charge is -2.30. The Bertz CT molecular complexity index is 1140. The Morgan fingerprint density at radius 3 is 2.34 bits per heavy atom. The Morgan fingerprint density at radius 2 is 1.71 bits per heavy atom. The normalized spacial score (nSPS) is 14.9. The van der Waals surface area contributed by atoms with Gasteiger partial charge >= 0.3 is 12.0 Å². The van der Waals surface area contributed by atoms with Gasteiger partial charge in [0.2, 0.25) is 11.8 Å². The molecule has 9 heteroatoms. The van der Waals surface area contributed by atoms with E-state index in [9.17, 15) is 19.2 Å². The standard InChI is InChI=1S/C26H30N4O5/c1-16(2)24-20(12-13-30(24)26(35)29-21-7-5-4-6-17(21)3)25(34)27-15-18-8-10-19(11-9-18)28-22(31)14-23(32)33/h4-12,16,24H,13-15H2,1-3H3,(H,27,34)(H,28,31)(H,29,35)(H,32,33)/t24-/m1/s1. The molecule has 0 saturated carbocycles. The lowest BCUT2D eigenvalue weighted by Crippen LogP contribution is -2.45. The van der Waals surface area contributed by atoms with Crippen LogP contribution in [0.25, 0.3) is 0 Å². The molecule has 0 spiro atoms. The van der Waals surface area contributed by atoms with Crippen molar-refractivity contribution < 1.29 is 24.3 Å². The van der Waals surface area contributed by atoms with Crippen molar-refractivity contribution >= 4 is 35.2 Å². The third-order valence-electron chi connectivity index (χ3n) is 5.71. The van der Waals surface area contributed by atoms with Crippen molar-refractivity contribution in [2.24, 2.45) is 5.92 Å². The van der Waals surface area contributed by atoms with Crippen LogP contribution in [0.1, 0.15) is 31.4 Å². The monoisotopic (exact) mass is 478 g/mol. The number of urea groups is 1. The molecule has 1 atom stereocenters. The summed E-state index contributed by atoms with van der Waals surface area (Å²) in [6, 6.07) is 13.7. The van der Waals surface area contributed by atoms with Crippen molar-refractivity contribution in [1.82, 2.24) is 10.2 Å². The minimum absolute atomic E-state index is 0.0332. The van der Waals surface area contributed by atoms with Crippen LogP contribution in [0.5, 0.6) is 0 Å². The average molecular weight is 479 g/mol. The number of carboxylic acid groups (broad SMARTS) is 1. The summed E-state index contributed by atoms with van der Waals surface area (Å²) in [6.45, 7) is 6.48. The van der Waals surface area contributed by atoms with Gasteiger partial charge in [-0.05, 0) is 42.2 Å². The van der Waals surface area contributed by atoms with Crippen molar-refractivity contribution in [1.29, 1.82) is 0 Å². The second-order valence-electron chi connectivity index (χ2n) is 8.74. The number of amides is 4. The molecule has 4 N–H and O–H groups in total. The minimum Gasteiger partial charge on any atom is -0.481 e. The average Bonchev–Trinajstić information content (AvgIpc) is 3.25. The van der Waals surface area contributed by atoms with Crippen LogP contribution in [0, 0.1) is 12.8 Å². The number of hydrogen-bond acceptors (Lipinski definition) is 4. The smallest absolute Gasteiger partial charge is 0.322 e. The minimum atomic E-state index is -1.20. The maximum absolute atomic E-state index is 13.0. The number of hydrogen-bond donors (Lipinski definition) is 4. The number of carbonyl (C=O) groups excluding carboxylic acids is 3. The van der Waals surface area contributed by atoms with E-state index in [1.165, 1.54) is 0 Å². The van der Waals surface area contributed by atoms with Gasteiger partial charge in [0.15, 0.2) is 0 Å². The fourth-order valence-corrected chi connectivity index (χ4v) is 3.99. The van der Waals surface area contributed by atoms with Crippen LogP contribution in [0.3, 0.4) is 0 Å². The Labute approximate surface area is 204 Å². The molecule has 0 fully saturated rings. The fourth-order valence-electron chi connectivity index (χ4n) is 3.99. The summed E-state index contributed by atoms with van der Waals surface area (Å²) in [5.74, 6) is -2.02. The highest BCUT2D eigenvalue weighted by Crippen LogP contribution is 2.27. The zero-order valence-corrected chi connectivity index (χ0v) is 20.0. The number of aryl methyl sites for hydroxylation is 1. The number of nitrogens with zero attached hydrogens (tertiary/aromatic N) is 1. The quantitative estimate of drug-likeness (QED) is 0.432. The van der Waals surface area contributed by atoms with E-state index in [1.54, 1.807) is 35.2 Å². The van der Waals surface area contributed by atoms with Gasteiger partial charge in [-0.1, -0.05) is 50.3 Å². The molecule has 2 aromatic rings. The second kappa shape index (κ2) is 11.3. The van der Waals surface area contributed by atoms with E-state index >= 15 is 0 Å². The summed E-state index contributed by atoms with van der Waals surface area (Å²) in [5, 5.41) is 17.0. The summed E-state index contributed by atoms with van der Waals surface area (Å²) in [6.07, 6.45) is 1.18. The zero-order valence-electron chi connectivity index (χ0n) is 20.0. The molecule has 0 saturated heterocycles. The molecule has 0 unspecified atom stereocenters. The number of rotatable bonds is 8. The Hall–Kier alpha value is -4.14. The number of para-hydroxylation sites is 1. The summed E-state index contributed by atoms with van der Waals surface area (Å²) in [4.78, 5) is 49.8. The maximum Gasteiger partial charge on any atom is 0.322 e. The molecule has 184 valence electrons. The first-order valence-electron chi connectivity index (χ1n) is 11.4. The van der Waals surface area contributed by atoms with Crippen molar-refractivity contribution in [2.45, 2.75) is 39.8 Å². The van der Waals surface area contributed by atoms with E-state index < -0.39 is 18.3 Å². The first-order valence-corrected chi connectivity index (χ1v) is 11.4. The highest BCUT2D eigenvalue weighted by atomic mass is 16.4. The molecule has 0 bridgehead atoms. The topological polar surface area (TPSA) is 128 Å². The molecule has 3 rings (SSSR count). The third kappa shape index (κ3) is 6.69. The highest BCUT2D eigenvalue weighted by molar-refractivity contribution is 6.01. The first-order chi connectivity index (χ1) is 16.7. The SMILES string of the molecule is Cc1ccccc1NC(=O)N1CC=C(C(=O)NCc2ccc(NC(=O)CC(=O)O)cc2)[C@H]1C(C)C. The fraction of sp³-hybridized carbons (Fsp3) is 0.308. The summed E-state index contributed by atoms with van der Waals surface area (Å²) in [7, 11) is 0. The summed E-state index contributed by atoms with van der Waals surface area (Å²) >= 11 is 0. The number of carbonyl (C=O) groups is 4. The number of anilines is 2. The van der Waals surface area contributed by atoms with E-state index in [1.807, 2.05) is 45.0 Å². The summed E-state index contributed by atoms with van der Waals surface area (Å²) in [5.41, 5.74) is 3.53. The van der Waals surface area contributed by atoms with Gasteiger partial charge in [0.25, 0.3) is 0 Å². The van der Waals surface area contributed by atoms with Gasteiger partial charge in [-0.25, -0.2) is 4.79 Å². The largest absolute Gasteiger partial charge is 0.481 e. The van der Waals surface area contributed by atoms with Gasteiger partial charge in [0, 0.05) is 30.0 Å². The third-order valence-corrected chi connectivity index (χ3v) is 5.71. The van der Waals surface area contributed by atoms with E-state index in [0.29, 0.717) is 17.8 Å². The predicted molar refractivity (Wildman–Crippen MR) is 133 cm³/mol. The van der Waals surface area contributed by atoms with Crippen LogP contribution in [0.2, 0.25) is 0 Å². The van der Waals surface area contributed by atoms with Gasteiger partial charge < -0.3 is 26.0 Å². The van der Waals surface area contributed by atoms with Gasteiger partial charge in [-0.3, -0.25) is 14.4 Å². The van der Waals surface area contributed by atoms with E-state index in [4.69, 9.17) is 5.11 Å². The van der Waals surface area contributed by atoms with Crippen molar-refractivity contribution in [3.63, 3.8) is 0 Å². The Kier molecular flexibility index (Phi) is 8.25. The Balaban J connectivity index is 1.58. The maximum atomic E-state index is 13.0. The van der Waals surface area contributed by atoms with Crippen molar-refractivity contribution in [2.75, 3.05) is 17.2 Å². The zero-order chi connectivity index (χ0) is 25.5. The van der Waals surface area contributed by atoms with Gasteiger partial charge in [0.1, 0.15) is 6.42 Å². The van der Waals surface area contributed by atoms with E-state index in [0.717, 1.165) is 16.8 Å². The number of carboxylic acids is 1. The van der Waals surface area contributed by atoms with Crippen LogP contribution in [-0.2, 0) is 20.9 Å². The molecule has 4 amide bonds. The van der Waals surface area contributed by atoms with Crippen LogP contribution in [0.15, 0.2) is 60.2 Å². The van der Waals surface area contributed by atoms with E-state index in [-0.39, 0.29) is 30.4 Å². The molecule has 0 aliphatic carbocycles. The molecule has 1 aliphatic heterocycles. The number of aliphatic carboxylic acids is 1. The van der Waals surface area contributed by atoms with Gasteiger partial charge in [-0.15, -0.1) is 0 Å². The highest BCUT2D eigenvalue weighted by Gasteiger charge is 2.36. The van der Waals surface area contributed by atoms with Crippen LogP contribution >= 0.6 is 0 Å².